The summed E-state index contributed by atoms with van der Waals surface area (Å²) in [6.07, 6.45) is 3.59. The monoisotopic (exact) mass is 415 g/mol. The molecule has 4 aromatic heterocycles. The van der Waals surface area contributed by atoms with Gasteiger partial charge < -0.3 is 14.8 Å². The lowest BCUT2D eigenvalue weighted by atomic mass is 10.0. The molecule has 0 unspecified atom stereocenters. The molecule has 152 valence electrons. The minimum Gasteiger partial charge on any atom is -0.384 e. The van der Waals surface area contributed by atoms with Gasteiger partial charge in [-0.2, -0.15) is 4.98 Å². The summed E-state index contributed by atoms with van der Waals surface area (Å²) >= 11 is 0. The highest BCUT2D eigenvalue weighted by Gasteiger charge is 2.32. The van der Waals surface area contributed by atoms with E-state index in [2.05, 4.69) is 30.2 Å². The molecule has 31 heavy (non-hydrogen) atoms. The molecule has 4 heterocycles. The fourth-order valence-corrected chi connectivity index (χ4v) is 3.45. The second-order valence-corrected chi connectivity index (χ2v) is 7.31. The first kappa shape index (κ1) is 17.6. The topological polar surface area (TPSA) is 130 Å². The van der Waals surface area contributed by atoms with Gasteiger partial charge >= 0.3 is 0 Å². The number of anilines is 1. The highest BCUT2D eigenvalue weighted by Crippen LogP contribution is 2.45. The van der Waals surface area contributed by atoms with Gasteiger partial charge in [0.25, 0.3) is 11.6 Å². The largest absolute Gasteiger partial charge is 0.384 e. The van der Waals surface area contributed by atoms with Gasteiger partial charge in [0.2, 0.25) is 11.6 Å². The number of benzene rings is 1. The Kier molecular flexibility index (Phi) is 3.79. The first-order chi connectivity index (χ1) is 15.2. The number of aromatic nitrogens is 6. The maximum atomic E-state index is 13.4. The van der Waals surface area contributed by atoms with Crippen LogP contribution in [0.3, 0.4) is 0 Å². The zero-order chi connectivity index (χ0) is 20.9. The number of nitrogen functional groups attached to an aromatic ring is 1. The second-order valence-electron chi connectivity index (χ2n) is 7.31. The number of fused-ring (bicyclic) bond motifs is 1. The van der Waals surface area contributed by atoms with Gasteiger partial charge in [0.15, 0.2) is 0 Å². The Bertz CT molecular complexity index is 1420. The molecular weight excluding hydrogens is 401 g/mol. The standard InChI is InChI=1S/C21H14FN7O2/c22-12-5-3-10(4-6-12)14-9-13(16-17(11-1-2-11)28-31-21(16)25-14)20-27-19(29-30-20)18-24-8-7-15(23)26-18/h3-9,11H,1-2H2,(H2,23,24,26). The van der Waals surface area contributed by atoms with E-state index in [4.69, 9.17) is 14.8 Å². The van der Waals surface area contributed by atoms with Crippen LogP contribution >= 0.6 is 0 Å². The van der Waals surface area contributed by atoms with E-state index in [9.17, 15) is 4.39 Å². The summed E-state index contributed by atoms with van der Waals surface area (Å²) in [5.41, 5.74) is 8.84. The Hall–Kier alpha value is -4.21. The van der Waals surface area contributed by atoms with Crippen molar-refractivity contribution in [2.24, 2.45) is 0 Å². The number of hydrogen-bond donors (Lipinski definition) is 1. The van der Waals surface area contributed by atoms with Crippen LogP contribution in [-0.2, 0) is 0 Å². The fraction of sp³-hybridized carbons (Fsp3) is 0.143. The highest BCUT2D eigenvalue weighted by molar-refractivity contribution is 5.94. The molecule has 1 fully saturated rings. The van der Waals surface area contributed by atoms with E-state index in [1.807, 2.05) is 6.07 Å². The lowest BCUT2D eigenvalue weighted by Crippen LogP contribution is -1.95. The minimum absolute atomic E-state index is 0.208. The van der Waals surface area contributed by atoms with Crippen molar-refractivity contribution in [3.8, 4) is 34.4 Å². The fourth-order valence-electron chi connectivity index (χ4n) is 3.45. The van der Waals surface area contributed by atoms with Crippen molar-refractivity contribution in [1.82, 2.24) is 30.2 Å². The van der Waals surface area contributed by atoms with Gasteiger partial charge in [-0.3, -0.25) is 0 Å². The molecule has 2 N–H and O–H groups in total. The number of rotatable bonds is 4. The van der Waals surface area contributed by atoms with Crippen molar-refractivity contribution in [3.63, 3.8) is 0 Å². The maximum Gasteiger partial charge on any atom is 0.259 e. The van der Waals surface area contributed by atoms with Crippen LogP contribution in [-0.4, -0.2) is 30.2 Å². The zero-order valence-electron chi connectivity index (χ0n) is 16.0. The first-order valence-corrected chi connectivity index (χ1v) is 9.65. The Labute approximate surface area is 174 Å². The van der Waals surface area contributed by atoms with Gasteiger partial charge in [0, 0.05) is 17.7 Å². The molecule has 1 aromatic carbocycles. The third kappa shape index (κ3) is 3.08. The van der Waals surface area contributed by atoms with Crippen molar-refractivity contribution in [2.45, 2.75) is 18.8 Å². The van der Waals surface area contributed by atoms with Crippen LogP contribution in [0.2, 0.25) is 0 Å². The Morgan fingerprint density at radius 1 is 0.935 bits per heavy atom. The van der Waals surface area contributed by atoms with E-state index in [0.29, 0.717) is 34.3 Å². The molecule has 0 amide bonds. The molecule has 6 rings (SSSR count). The van der Waals surface area contributed by atoms with E-state index in [0.717, 1.165) is 23.9 Å². The molecule has 0 aliphatic heterocycles. The van der Waals surface area contributed by atoms with E-state index in [1.54, 1.807) is 18.2 Å². The summed E-state index contributed by atoms with van der Waals surface area (Å²) in [5, 5.41) is 8.99. The van der Waals surface area contributed by atoms with E-state index in [1.165, 1.54) is 18.3 Å². The zero-order valence-corrected chi connectivity index (χ0v) is 16.0. The predicted molar refractivity (Wildman–Crippen MR) is 108 cm³/mol. The molecule has 0 spiro atoms. The van der Waals surface area contributed by atoms with Crippen molar-refractivity contribution in [2.75, 3.05) is 5.73 Å². The van der Waals surface area contributed by atoms with Crippen LogP contribution in [0, 0.1) is 5.82 Å². The summed E-state index contributed by atoms with van der Waals surface area (Å²) in [5.74, 6) is 1.01. The third-order valence-electron chi connectivity index (χ3n) is 5.11. The summed E-state index contributed by atoms with van der Waals surface area (Å²) < 4.78 is 24.5. The Balaban J connectivity index is 1.54. The van der Waals surface area contributed by atoms with Gasteiger partial charge in [0.05, 0.1) is 22.3 Å². The van der Waals surface area contributed by atoms with Crippen LogP contribution in [0.4, 0.5) is 10.2 Å². The average Bonchev–Trinajstić information content (AvgIpc) is 3.33. The molecule has 10 heteroatoms. The lowest BCUT2D eigenvalue weighted by Gasteiger charge is -2.04. The number of pyridine rings is 1. The van der Waals surface area contributed by atoms with Crippen molar-refractivity contribution in [1.29, 1.82) is 0 Å². The second kappa shape index (κ2) is 6.66. The Morgan fingerprint density at radius 2 is 1.77 bits per heavy atom. The minimum atomic E-state index is -0.329. The molecule has 0 bridgehead atoms. The molecule has 1 saturated carbocycles. The van der Waals surface area contributed by atoms with Crippen LogP contribution in [0.1, 0.15) is 24.5 Å². The smallest absolute Gasteiger partial charge is 0.259 e. The normalized spacial score (nSPS) is 13.7. The molecule has 0 radical (unpaired) electrons. The molecule has 0 atom stereocenters. The SMILES string of the molecule is Nc1ccnc(-c2noc(-c3cc(-c4ccc(F)cc4)nc4onc(C5CC5)c34)n2)n1. The van der Waals surface area contributed by atoms with Crippen LogP contribution in [0.15, 0.2) is 51.6 Å². The molecular formula is C21H14FN7O2. The van der Waals surface area contributed by atoms with Crippen molar-refractivity contribution >= 4 is 16.9 Å². The number of halogens is 1. The molecule has 0 saturated heterocycles. The quantitative estimate of drug-likeness (QED) is 0.463. The molecule has 5 aromatic rings. The van der Waals surface area contributed by atoms with Crippen LogP contribution in [0.25, 0.3) is 45.5 Å². The molecule has 1 aliphatic rings. The van der Waals surface area contributed by atoms with Gasteiger partial charge in [0.1, 0.15) is 11.6 Å². The number of nitrogens with two attached hydrogens (primary N) is 1. The Morgan fingerprint density at radius 3 is 2.55 bits per heavy atom. The summed E-state index contributed by atoms with van der Waals surface area (Å²) in [4.78, 5) is 17.3. The van der Waals surface area contributed by atoms with E-state index < -0.39 is 0 Å². The third-order valence-corrected chi connectivity index (χ3v) is 5.11. The first-order valence-electron chi connectivity index (χ1n) is 9.65. The summed E-state index contributed by atoms with van der Waals surface area (Å²) in [7, 11) is 0. The van der Waals surface area contributed by atoms with Crippen molar-refractivity contribution < 1.29 is 13.4 Å². The van der Waals surface area contributed by atoms with Gasteiger partial charge in [-0.1, -0.05) is 10.3 Å². The predicted octanol–water partition coefficient (Wildman–Crippen LogP) is 4.00. The van der Waals surface area contributed by atoms with E-state index in [-0.39, 0.29) is 23.4 Å². The lowest BCUT2D eigenvalue weighted by molar-refractivity contribution is 0.432. The van der Waals surface area contributed by atoms with Gasteiger partial charge in [-0.25, -0.2) is 19.3 Å². The number of hydrogen-bond acceptors (Lipinski definition) is 9. The molecule has 1 aliphatic carbocycles. The van der Waals surface area contributed by atoms with Crippen LogP contribution in [0.5, 0.6) is 0 Å². The van der Waals surface area contributed by atoms with Gasteiger partial charge in [-0.05, 0) is 49.2 Å². The van der Waals surface area contributed by atoms with Crippen LogP contribution < -0.4 is 5.73 Å². The summed E-state index contributed by atoms with van der Waals surface area (Å²) in [6, 6.07) is 9.43. The maximum absolute atomic E-state index is 13.4. The van der Waals surface area contributed by atoms with Gasteiger partial charge in [-0.15, -0.1) is 0 Å². The average molecular weight is 415 g/mol. The summed E-state index contributed by atoms with van der Waals surface area (Å²) in [6.45, 7) is 0. The van der Waals surface area contributed by atoms with Crippen molar-refractivity contribution in [3.05, 3.63) is 54.1 Å². The number of nitrogens with zero attached hydrogens (tertiary/aromatic N) is 6. The van der Waals surface area contributed by atoms with E-state index >= 15 is 0 Å². The highest BCUT2D eigenvalue weighted by atomic mass is 19.1. The molecule has 9 nitrogen and oxygen atoms in total.